The number of morpholine rings is 1. The van der Waals surface area contributed by atoms with Crippen LogP contribution in [-0.4, -0.2) is 55.8 Å². The van der Waals surface area contributed by atoms with E-state index in [1.54, 1.807) is 46.8 Å². The number of hydrogen-bond acceptors (Lipinski definition) is 7. The minimum atomic E-state index is -0.272. The van der Waals surface area contributed by atoms with Gasteiger partial charge in [0.15, 0.2) is 5.65 Å². The quantitative estimate of drug-likeness (QED) is 0.513. The molecule has 2 radical (unpaired) electrons. The molecule has 1 aliphatic rings. The maximum absolute atomic E-state index is 14.3. The van der Waals surface area contributed by atoms with Crippen molar-refractivity contribution in [3.8, 4) is 0 Å². The summed E-state index contributed by atoms with van der Waals surface area (Å²) in [5.41, 5.74) is 3.06. The number of rotatable bonds is 6. The molecule has 9 nitrogen and oxygen atoms in total. The van der Waals surface area contributed by atoms with Crippen molar-refractivity contribution in [1.29, 1.82) is 0 Å². The molecule has 10 heteroatoms. The Bertz CT molecular complexity index is 1200. The van der Waals surface area contributed by atoms with Crippen molar-refractivity contribution < 1.29 is 9.13 Å². The molecule has 0 saturated carbocycles. The normalized spacial score (nSPS) is 14.3. The van der Waals surface area contributed by atoms with Gasteiger partial charge in [0.25, 0.3) is 0 Å². The highest BCUT2D eigenvalue weighted by Crippen LogP contribution is 2.22. The van der Waals surface area contributed by atoms with Gasteiger partial charge < -0.3 is 15.0 Å². The van der Waals surface area contributed by atoms with Gasteiger partial charge >= 0.3 is 0 Å². The molecule has 0 unspecified atom stereocenters. The van der Waals surface area contributed by atoms with Gasteiger partial charge in [-0.2, -0.15) is 15.2 Å². The van der Waals surface area contributed by atoms with E-state index in [9.17, 15) is 4.39 Å². The summed E-state index contributed by atoms with van der Waals surface area (Å²) in [4.78, 5) is 11.1. The maximum atomic E-state index is 14.3. The summed E-state index contributed by atoms with van der Waals surface area (Å²) in [5, 5.41) is 12.5. The van der Waals surface area contributed by atoms with Gasteiger partial charge in [-0.25, -0.2) is 14.1 Å². The van der Waals surface area contributed by atoms with Gasteiger partial charge in [-0.05, 0) is 30.7 Å². The highest BCUT2D eigenvalue weighted by molar-refractivity contribution is 5.75. The van der Waals surface area contributed by atoms with E-state index in [0.717, 1.165) is 35.4 Å². The first kappa shape index (κ1) is 19.4. The summed E-state index contributed by atoms with van der Waals surface area (Å²) in [7, 11) is 0. The Labute approximate surface area is 178 Å². The van der Waals surface area contributed by atoms with Crippen molar-refractivity contribution in [3.05, 3.63) is 67.8 Å². The molecular formula is C21H21FN8O. The van der Waals surface area contributed by atoms with E-state index in [2.05, 4.69) is 37.3 Å². The Balaban J connectivity index is 1.40. The van der Waals surface area contributed by atoms with Crippen LogP contribution < -0.4 is 10.2 Å². The summed E-state index contributed by atoms with van der Waals surface area (Å²) in [6.45, 7) is 8.45. The third-order valence-electron chi connectivity index (χ3n) is 5.07. The standard InChI is InChI=1S/C21H21FN8O/c1-2-29-14-18(12-24-29)26-21-23-10-16-11-25-30(20(16)27-21)13-15-7-17(22)9-19(8-15)28-3-5-31-6-4-28/h2,7-12,14H,1,3-6,13H2,(H,23,26,27). The van der Waals surface area contributed by atoms with Crippen LogP contribution in [0.25, 0.3) is 11.0 Å². The topological polar surface area (TPSA) is 85.9 Å². The zero-order valence-electron chi connectivity index (χ0n) is 16.8. The van der Waals surface area contributed by atoms with Gasteiger partial charge in [0.1, 0.15) is 5.82 Å². The molecule has 3 aromatic heterocycles. The van der Waals surface area contributed by atoms with Crippen LogP contribution in [-0.2, 0) is 11.3 Å². The zero-order valence-corrected chi connectivity index (χ0v) is 16.8. The lowest BCUT2D eigenvalue weighted by Gasteiger charge is -2.29. The molecule has 4 aromatic rings. The molecule has 31 heavy (non-hydrogen) atoms. The zero-order chi connectivity index (χ0) is 21.2. The number of anilines is 3. The van der Waals surface area contributed by atoms with Crippen molar-refractivity contribution in [2.45, 2.75) is 6.54 Å². The molecule has 1 N–H and O–H groups in total. The molecular weight excluding hydrogens is 399 g/mol. The number of ether oxygens (including phenoxy) is 1. The number of benzene rings is 1. The minimum Gasteiger partial charge on any atom is -0.378 e. The van der Waals surface area contributed by atoms with Crippen LogP contribution in [0.2, 0.25) is 0 Å². The molecule has 5 rings (SSSR count). The summed E-state index contributed by atoms with van der Waals surface area (Å²) in [5.74, 6) is 0.151. The number of hydrogen-bond donors (Lipinski definition) is 1. The third-order valence-corrected chi connectivity index (χ3v) is 5.07. The second kappa shape index (κ2) is 8.31. The van der Waals surface area contributed by atoms with E-state index in [-0.39, 0.29) is 5.82 Å². The predicted octanol–water partition coefficient (Wildman–Crippen LogP) is 2.63. The van der Waals surface area contributed by atoms with Gasteiger partial charge in [0, 0.05) is 31.2 Å². The van der Waals surface area contributed by atoms with Gasteiger partial charge in [-0.1, -0.05) is 0 Å². The monoisotopic (exact) mass is 420 g/mol. The highest BCUT2D eigenvalue weighted by Gasteiger charge is 2.14. The van der Waals surface area contributed by atoms with E-state index in [0.29, 0.717) is 31.4 Å². The molecule has 0 aliphatic carbocycles. The predicted molar refractivity (Wildman–Crippen MR) is 114 cm³/mol. The Morgan fingerprint density at radius 2 is 2.00 bits per heavy atom. The highest BCUT2D eigenvalue weighted by atomic mass is 19.1. The van der Waals surface area contributed by atoms with E-state index >= 15 is 0 Å². The molecule has 1 aromatic carbocycles. The van der Waals surface area contributed by atoms with Crippen molar-refractivity contribution in [3.63, 3.8) is 0 Å². The van der Waals surface area contributed by atoms with Crippen molar-refractivity contribution >= 4 is 28.4 Å². The first-order valence-electron chi connectivity index (χ1n) is 9.92. The number of nitrogens with one attached hydrogen (secondary N) is 1. The summed E-state index contributed by atoms with van der Waals surface area (Å²) in [6, 6.07) is 5.08. The largest absolute Gasteiger partial charge is 0.378 e. The molecule has 0 bridgehead atoms. The van der Waals surface area contributed by atoms with E-state index in [1.165, 1.54) is 6.07 Å². The Morgan fingerprint density at radius 1 is 1.13 bits per heavy atom. The Morgan fingerprint density at radius 3 is 2.81 bits per heavy atom. The molecule has 4 heterocycles. The van der Waals surface area contributed by atoms with Crippen LogP contribution in [0.1, 0.15) is 5.56 Å². The van der Waals surface area contributed by atoms with Crippen molar-refractivity contribution in [1.82, 2.24) is 29.5 Å². The Hall–Kier alpha value is -3.53. The maximum Gasteiger partial charge on any atom is 0.229 e. The number of nitrogens with zero attached hydrogens (tertiary/aromatic N) is 7. The fraction of sp³-hybridized carbons (Fsp3) is 0.238. The minimum absolute atomic E-state index is 0.272. The van der Waals surface area contributed by atoms with Crippen LogP contribution in [0, 0.1) is 19.3 Å². The van der Waals surface area contributed by atoms with Crippen LogP contribution in [0.4, 0.5) is 21.7 Å². The number of fused-ring (bicyclic) bond motifs is 1. The lowest BCUT2D eigenvalue weighted by atomic mass is 10.1. The summed E-state index contributed by atoms with van der Waals surface area (Å²) >= 11 is 0. The van der Waals surface area contributed by atoms with Gasteiger partial charge in [0.2, 0.25) is 5.95 Å². The van der Waals surface area contributed by atoms with E-state index in [4.69, 9.17) is 4.74 Å². The molecule has 1 saturated heterocycles. The molecule has 158 valence electrons. The summed E-state index contributed by atoms with van der Waals surface area (Å²) in [6.07, 6.45) is 6.85. The van der Waals surface area contributed by atoms with Gasteiger partial charge in [0.05, 0.1) is 49.8 Å². The lowest BCUT2D eigenvalue weighted by Crippen LogP contribution is -2.36. The van der Waals surface area contributed by atoms with Gasteiger partial charge in [-0.3, -0.25) is 4.68 Å². The van der Waals surface area contributed by atoms with Crippen LogP contribution in [0.5, 0.6) is 0 Å². The van der Waals surface area contributed by atoms with E-state index in [1.807, 2.05) is 6.07 Å². The second-order valence-corrected chi connectivity index (χ2v) is 7.21. The lowest BCUT2D eigenvalue weighted by molar-refractivity contribution is 0.122. The second-order valence-electron chi connectivity index (χ2n) is 7.21. The first-order chi connectivity index (χ1) is 15.2. The van der Waals surface area contributed by atoms with Gasteiger partial charge in [-0.15, -0.1) is 0 Å². The van der Waals surface area contributed by atoms with Crippen molar-refractivity contribution in [2.75, 3.05) is 36.5 Å². The molecule has 1 fully saturated rings. The molecule has 1 aliphatic heterocycles. The third kappa shape index (κ3) is 4.19. The molecule has 0 amide bonds. The first-order valence-corrected chi connectivity index (χ1v) is 9.92. The van der Waals surface area contributed by atoms with Crippen LogP contribution in [0.15, 0.2) is 43.0 Å². The average molecular weight is 420 g/mol. The van der Waals surface area contributed by atoms with E-state index < -0.39 is 0 Å². The fourth-order valence-corrected chi connectivity index (χ4v) is 3.58. The number of aromatic nitrogens is 6. The Kier molecular flexibility index (Phi) is 5.21. The SMILES string of the molecule is [CH2][CH]n1cc(Nc2ncc3cnn(Cc4cc(F)cc(N5CCOCC5)c4)c3n2)cn1. The molecule has 0 atom stereocenters. The van der Waals surface area contributed by atoms with Crippen LogP contribution >= 0.6 is 0 Å². The fourth-order valence-electron chi connectivity index (χ4n) is 3.58. The van der Waals surface area contributed by atoms with Crippen molar-refractivity contribution in [2.24, 2.45) is 0 Å². The molecule has 0 spiro atoms. The summed E-state index contributed by atoms with van der Waals surface area (Å²) < 4.78 is 23.0. The smallest absolute Gasteiger partial charge is 0.229 e. The number of halogens is 1. The average Bonchev–Trinajstić information content (AvgIpc) is 3.41. The van der Waals surface area contributed by atoms with Crippen LogP contribution in [0.3, 0.4) is 0 Å².